The van der Waals surface area contributed by atoms with Crippen molar-refractivity contribution in [3.8, 4) is 0 Å². The maximum Gasteiger partial charge on any atom is 0.225 e. The van der Waals surface area contributed by atoms with Crippen molar-refractivity contribution < 1.29 is 4.79 Å². The molecule has 2 saturated heterocycles. The minimum atomic E-state index is 0.210. The summed E-state index contributed by atoms with van der Waals surface area (Å²) in [6, 6.07) is 0.459. The van der Waals surface area contributed by atoms with Crippen LogP contribution in [0.1, 0.15) is 26.7 Å². The lowest BCUT2D eigenvalue weighted by atomic mass is 9.82. The largest absolute Gasteiger partial charge is 0.342 e. The van der Waals surface area contributed by atoms with E-state index in [2.05, 4.69) is 19.2 Å². The molecule has 2 aliphatic rings. The fourth-order valence-corrected chi connectivity index (χ4v) is 3.26. The van der Waals surface area contributed by atoms with Gasteiger partial charge in [-0.05, 0) is 37.8 Å². The first-order valence-corrected chi connectivity index (χ1v) is 6.10. The summed E-state index contributed by atoms with van der Waals surface area (Å²) in [5.74, 6) is 1.71. The normalized spacial score (nSPS) is 42.3. The highest BCUT2D eigenvalue weighted by Gasteiger charge is 2.44. The number of carbonyl (C=O) groups excluding carboxylic acids is 1. The van der Waals surface area contributed by atoms with Crippen molar-refractivity contribution in [2.24, 2.45) is 17.8 Å². The van der Waals surface area contributed by atoms with Crippen LogP contribution in [0.25, 0.3) is 0 Å². The van der Waals surface area contributed by atoms with Gasteiger partial charge in [-0.2, -0.15) is 0 Å². The van der Waals surface area contributed by atoms with Gasteiger partial charge in [0.25, 0.3) is 0 Å². The zero-order valence-electron chi connectivity index (χ0n) is 9.99. The second-order valence-corrected chi connectivity index (χ2v) is 5.19. The third-order valence-corrected chi connectivity index (χ3v) is 4.33. The maximum atomic E-state index is 11.9. The Morgan fingerprint density at radius 3 is 2.60 bits per heavy atom. The molecule has 1 amide bonds. The number of rotatable bonds is 1. The van der Waals surface area contributed by atoms with E-state index in [9.17, 15) is 4.79 Å². The molecule has 4 unspecified atom stereocenters. The maximum absolute atomic E-state index is 11.9. The van der Waals surface area contributed by atoms with Gasteiger partial charge in [0.2, 0.25) is 5.91 Å². The minimum absolute atomic E-state index is 0.210. The molecule has 2 aliphatic heterocycles. The predicted octanol–water partition coefficient (Wildman–Crippen LogP) is 1.10. The van der Waals surface area contributed by atoms with Crippen LogP contribution < -0.4 is 5.32 Å². The number of hydrogen-bond acceptors (Lipinski definition) is 2. The van der Waals surface area contributed by atoms with E-state index in [1.54, 1.807) is 0 Å². The van der Waals surface area contributed by atoms with E-state index in [0.29, 0.717) is 23.8 Å². The van der Waals surface area contributed by atoms with Crippen molar-refractivity contribution in [1.82, 2.24) is 10.2 Å². The Bertz CT molecular complexity index is 248. The van der Waals surface area contributed by atoms with Gasteiger partial charge in [0, 0.05) is 19.0 Å². The third kappa shape index (κ3) is 1.78. The number of hydrogen-bond donors (Lipinski definition) is 1. The zero-order valence-corrected chi connectivity index (χ0v) is 9.99. The monoisotopic (exact) mass is 210 g/mol. The van der Waals surface area contributed by atoms with Gasteiger partial charge in [-0.15, -0.1) is 0 Å². The van der Waals surface area contributed by atoms with Gasteiger partial charge in [-0.1, -0.05) is 13.8 Å². The molecule has 2 fully saturated rings. The Balaban J connectivity index is 2.10. The van der Waals surface area contributed by atoms with Crippen LogP contribution in [-0.2, 0) is 4.79 Å². The molecule has 3 heteroatoms. The molecule has 0 aliphatic carbocycles. The summed E-state index contributed by atoms with van der Waals surface area (Å²) in [6.07, 6.45) is 2.52. The van der Waals surface area contributed by atoms with Crippen molar-refractivity contribution in [1.29, 1.82) is 0 Å². The fraction of sp³-hybridized carbons (Fsp3) is 0.917. The van der Waals surface area contributed by atoms with Gasteiger partial charge in [0.15, 0.2) is 0 Å². The summed E-state index contributed by atoms with van der Waals surface area (Å²) in [5, 5.41) is 3.44. The average Bonchev–Trinajstić information content (AvgIpc) is 2.45. The van der Waals surface area contributed by atoms with Crippen LogP contribution in [0.4, 0.5) is 0 Å². The van der Waals surface area contributed by atoms with Gasteiger partial charge >= 0.3 is 0 Å². The van der Waals surface area contributed by atoms with E-state index in [1.807, 2.05) is 11.9 Å². The minimum Gasteiger partial charge on any atom is -0.342 e. The van der Waals surface area contributed by atoms with Gasteiger partial charge in [0.1, 0.15) is 0 Å². The second kappa shape index (κ2) is 4.12. The summed E-state index contributed by atoms with van der Waals surface area (Å²) in [5.41, 5.74) is 0. The molecular weight excluding hydrogens is 188 g/mol. The van der Waals surface area contributed by atoms with Gasteiger partial charge in [0.05, 0.1) is 0 Å². The van der Waals surface area contributed by atoms with Gasteiger partial charge in [-0.3, -0.25) is 4.79 Å². The summed E-state index contributed by atoms with van der Waals surface area (Å²) >= 11 is 0. The van der Waals surface area contributed by atoms with Crippen molar-refractivity contribution in [3.05, 3.63) is 0 Å². The molecule has 0 aromatic carbocycles. The molecule has 0 saturated carbocycles. The summed E-state index contributed by atoms with van der Waals surface area (Å²) in [6.45, 7) is 6.52. The Labute approximate surface area is 92.2 Å². The molecule has 3 nitrogen and oxygen atoms in total. The van der Waals surface area contributed by atoms with Crippen LogP contribution >= 0.6 is 0 Å². The van der Waals surface area contributed by atoms with Crippen molar-refractivity contribution in [2.45, 2.75) is 32.7 Å². The first-order valence-electron chi connectivity index (χ1n) is 6.10. The number of amides is 1. The van der Waals surface area contributed by atoms with Crippen LogP contribution in [0.3, 0.4) is 0 Å². The van der Waals surface area contributed by atoms with Crippen molar-refractivity contribution >= 4 is 5.91 Å². The first kappa shape index (κ1) is 10.9. The van der Waals surface area contributed by atoms with E-state index in [1.165, 1.54) is 12.8 Å². The number of nitrogens with zero attached hydrogens (tertiary/aromatic N) is 1. The van der Waals surface area contributed by atoms with Crippen LogP contribution in [0.15, 0.2) is 0 Å². The highest BCUT2D eigenvalue weighted by Crippen LogP contribution is 2.35. The third-order valence-electron chi connectivity index (χ3n) is 4.33. The van der Waals surface area contributed by atoms with Crippen LogP contribution in [-0.4, -0.2) is 37.0 Å². The molecule has 15 heavy (non-hydrogen) atoms. The van der Waals surface area contributed by atoms with Crippen LogP contribution in [0, 0.1) is 17.8 Å². The second-order valence-electron chi connectivity index (χ2n) is 5.19. The lowest BCUT2D eigenvalue weighted by Crippen LogP contribution is -2.44. The molecule has 2 rings (SSSR count). The molecule has 86 valence electrons. The van der Waals surface area contributed by atoms with Crippen LogP contribution in [0.5, 0.6) is 0 Å². The zero-order chi connectivity index (χ0) is 11.0. The Morgan fingerprint density at radius 2 is 2.13 bits per heavy atom. The first-order chi connectivity index (χ1) is 7.13. The Hall–Kier alpha value is -0.570. The summed E-state index contributed by atoms with van der Waals surface area (Å²) in [7, 11) is 1.97. The van der Waals surface area contributed by atoms with E-state index in [4.69, 9.17) is 0 Å². The van der Waals surface area contributed by atoms with Crippen molar-refractivity contribution in [3.63, 3.8) is 0 Å². The molecule has 0 aromatic heterocycles. The average molecular weight is 210 g/mol. The number of piperidine rings is 1. The Kier molecular flexibility index (Phi) is 3.01. The van der Waals surface area contributed by atoms with E-state index in [-0.39, 0.29) is 5.92 Å². The summed E-state index contributed by atoms with van der Waals surface area (Å²) < 4.78 is 0. The molecule has 1 N–H and O–H groups in total. The Morgan fingerprint density at radius 1 is 1.40 bits per heavy atom. The molecule has 0 radical (unpaired) electrons. The summed E-state index contributed by atoms with van der Waals surface area (Å²) in [4.78, 5) is 13.9. The van der Waals surface area contributed by atoms with Gasteiger partial charge < -0.3 is 10.2 Å². The lowest BCUT2D eigenvalue weighted by molar-refractivity contribution is -0.130. The quantitative estimate of drug-likeness (QED) is 0.703. The predicted molar refractivity (Wildman–Crippen MR) is 60.5 cm³/mol. The number of likely N-dealkylation sites (tertiary alicyclic amines) is 1. The van der Waals surface area contributed by atoms with Crippen molar-refractivity contribution in [2.75, 3.05) is 20.1 Å². The standard InChI is InChI=1S/C12H22N2O/c1-8-9(2)12(15)14(3)11(8)10-5-4-6-13-7-10/h8-11,13H,4-7H2,1-3H3. The number of carbonyl (C=O) groups is 1. The topological polar surface area (TPSA) is 32.3 Å². The highest BCUT2D eigenvalue weighted by atomic mass is 16.2. The smallest absolute Gasteiger partial charge is 0.225 e. The molecule has 0 aromatic rings. The van der Waals surface area contributed by atoms with E-state index < -0.39 is 0 Å². The van der Waals surface area contributed by atoms with Crippen LogP contribution in [0.2, 0.25) is 0 Å². The highest BCUT2D eigenvalue weighted by molar-refractivity contribution is 5.81. The molecular formula is C12H22N2O. The molecule has 4 atom stereocenters. The molecule has 0 bridgehead atoms. The molecule has 0 spiro atoms. The lowest BCUT2D eigenvalue weighted by Gasteiger charge is -2.34. The van der Waals surface area contributed by atoms with E-state index >= 15 is 0 Å². The molecule has 2 heterocycles. The van der Waals surface area contributed by atoms with Gasteiger partial charge in [-0.25, -0.2) is 0 Å². The SMILES string of the molecule is CC1C(=O)N(C)C(C2CCCNC2)C1C. The fourth-order valence-electron chi connectivity index (χ4n) is 3.26. The van der Waals surface area contributed by atoms with E-state index in [0.717, 1.165) is 13.1 Å². The number of nitrogens with one attached hydrogen (secondary N) is 1.